The molecule has 0 saturated carbocycles. The maximum atomic E-state index is 9.17. The second-order valence-electron chi connectivity index (χ2n) is 9.30. The molecule has 0 spiro atoms. The summed E-state index contributed by atoms with van der Waals surface area (Å²) < 4.78 is 13.9. The van der Waals surface area contributed by atoms with E-state index in [2.05, 4.69) is 49.5 Å². The monoisotopic (exact) mass is 416 g/mol. The van der Waals surface area contributed by atoms with Gasteiger partial charge in [-0.25, -0.2) is 9.97 Å². The summed E-state index contributed by atoms with van der Waals surface area (Å²) in [6, 6.07) is 13.5. The predicted octanol–water partition coefficient (Wildman–Crippen LogP) is 5.27. The highest BCUT2D eigenvalue weighted by Crippen LogP contribution is 2.44. The van der Waals surface area contributed by atoms with Crippen LogP contribution < -0.4 is 4.74 Å². The molecule has 0 N–H and O–H groups in total. The van der Waals surface area contributed by atoms with Crippen molar-refractivity contribution < 1.29 is 9.47 Å². The molecule has 3 aromatic rings. The van der Waals surface area contributed by atoms with Gasteiger partial charge in [-0.2, -0.15) is 5.26 Å². The molecule has 1 aromatic carbocycles. The van der Waals surface area contributed by atoms with E-state index in [1.165, 1.54) is 0 Å². The number of hydrogen-bond donors (Lipinski definition) is 0. The van der Waals surface area contributed by atoms with E-state index in [9.17, 15) is 0 Å². The average molecular weight is 417 g/mol. The van der Waals surface area contributed by atoms with Crippen LogP contribution in [0.25, 0.3) is 17.1 Å². The minimum atomic E-state index is -0.225. The average Bonchev–Trinajstić information content (AvgIpc) is 3.17. The Kier molecular flexibility index (Phi) is 5.32. The first-order chi connectivity index (χ1) is 14.7. The smallest absolute Gasteiger partial charge is 0.224 e. The van der Waals surface area contributed by atoms with Crippen molar-refractivity contribution in [3.05, 3.63) is 60.0 Å². The number of nitrogens with zero attached hydrogens (tertiary/aromatic N) is 4. The molecular formula is C25H28N4O2. The zero-order chi connectivity index (χ0) is 22.2. The molecule has 1 aliphatic heterocycles. The summed E-state index contributed by atoms with van der Waals surface area (Å²) in [5.41, 5.74) is 2.95. The Morgan fingerprint density at radius 2 is 1.77 bits per heavy atom. The third-order valence-electron chi connectivity index (χ3n) is 5.65. The van der Waals surface area contributed by atoms with E-state index in [0.29, 0.717) is 11.4 Å². The lowest BCUT2D eigenvalue weighted by Crippen LogP contribution is -2.44. The highest BCUT2D eigenvalue weighted by molar-refractivity contribution is 5.65. The Balaban J connectivity index is 1.85. The number of benzene rings is 1. The SMILES string of the molecule is COc1ncccc1-c1nc(C2CC(C)(C)OC(C)(C)C2)cn1-c1ccc(C#N)cc1. The normalized spacial score (nSPS) is 17.8. The fraction of sp³-hybridized carbons (Fsp3) is 0.400. The van der Waals surface area contributed by atoms with Gasteiger partial charge in [0.15, 0.2) is 0 Å². The van der Waals surface area contributed by atoms with Crippen molar-refractivity contribution in [2.75, 3.05) is 7.11 Å². The Labute approximate surface area is 183 Å². The summed E-state index contributed by atoms with van der Waals surface area (Å²) >= 11 is 0. The molecule has 6 nitrogen and oxygen atoms in total. The van der Waals surface area contributed by atoms with Crippen LogP contribution in [0.4, 0.5) is 0 Å². The van der Waals surface area contributed by atoms with Gasteiger partial charge in [0.25, 0.3) is 0 Å². The minimum Gasteiger partial charge on any atom is -0.480 e. The summed E-state index contributed by atoms with van der Waals surface area (Å²) in [4.78, 5) is 9.45. The summed E-state index contributed by atoms with van der Waals surface area (Å²) in [5, 5.41) is 9.17. The topological polar surface area (TPSA) is 73.0 Å². The van der Waals surface area contributed by atoms with Gasteiger partial charge in [0.05, 0.1) is 41.2 Å². The van der Waals surface area contributed by atoms with Gasteiger partial charge in [-0.3, -0.25) is 4.57 Å². The minimum absolute atomic E-state index is 0.225. The fourth-order valence-corrected chi connectivity index (χ4v) is 4.70. The molecule has 3 heterocycles. The van der Waals surface area contributed by atoms with Crippen LogP contribution >= 0.6 is 0 Å². The Morgan fingerprint density at radius 3 is 2.39 bits per heavy atom. The van der Waals surface area contributed by atoms with Crippen molar-refractivity contribution in [1.82, 2.24) is 14.5 Å². The van der Waals surface area contributed by atoms with Crippen molar-refractivity contribution >= 4 is 0 Å². The van der Waals surface area contributed by atoms with Gasteiger partial charge in [0, 0.05) is 24.0 Å². The molecule has 0 aliphatic carbocycles. The predicted molar refractivity (Wildman–Crippen MR) is 119 cm³/mol. The molecule has 6 heteroatoms. The number of imidazole rings is 1. The standard InChI is InChI=1S/C25H28N4O2/c1-24(2)13-18(14-25(3,4)31-24)21-16-29(19-10-8-17(15-26)9-11-19)22(28-21)20-7-6-12-27-23(20)30-5/h6-12,16,18H,13-14H2,1-5H3. The quantitative estimate of drug-likeness (QED) is 0.580. The van der Waals surface area contributed by atoms with Crippen LogP contribution in [-0.4, -0.2) is 32.8 Å². The van der Waals surface area contributed by atoms with Crippen molar-refractivity contribution in [2.45, 2.75) is 57.7 Å². The van der Waals surface area contributed by atoms with E-state index < -0.39 is 0 Å². The molecule has 2 aromatic heterocycles. The lowest BCUT2D eigenvalue weighted by Gasteiger charge is -2.45. The first kappa shape index (κ1) is 21.1. The molecule has 1 fully saturated rings. The van der Waals surface area contributed by atoms with Gasteiger partial charge in [-0.1, -0.05) is 0 Å². The summed E-state index contributed by atoms with van der Waals surface area (Å²) in [6.45, 7) is 8.57. The number of pyridine rings is 1. The Morgan fingerprint density at radius 1 is 1.10 bits per heavy atom. The number of nitriles is 1. The van der Waals surface area contributed by atoms with Crippen molar-refractivity contribution in [3.8, 4) is 29.0 Å². The zero-order valence-corrected chi connectivity index (χ0v) is 18.7. The molecular weight excluding hydrogens is 388 g/mol. The van der Waals surface area contributed by atoms with E-state index in [0.717, 1.165) is 35.6 Å². The van der Waals surface area contributed by atoms with Crippen LogP contribution in [0.15, 0.2) is 48.8 Å². The summed E-state index contributed by atoms with van der Waals surface area (Å²) in [6.07, 6.45) is 5.60. The molecule has 4 rings (SSSR count). The molecule has 1 saturated heterocycles. The number of rotatable bonds is 4. The first-order valence-corrected chi connectivity index (χ1v) is 10.5. The molecule has 0 bridgehead atoms. The fourth-order valence-electron chi connectivity index (χ4n) is 4.70. The van der Waals surface area contributed by atoms with Crippen LogP contribution in [0.2, 0.25) is 0 Å². The lowest BCUT2D eigenvalue weighted by molar-refractivity contribution is -0.162. The van der Waals surface area contributed by atoms with Gasteiger partial charge in [0.2, 0.25) is 5.88 Å². The van der Waals surface area contributed by atoms with E-state index >= 15 is 0 Å². The van der Waals surface area contributed by atoms with Crippen LogP contribution in [0.3, 0.4) is 0 Å². The van der Waals surface area contributed by atoms with Crippen molar-refractivity contribution in [1.29, 1.82) is 5.26 Å². The Bertz CT molecular complexity index is 1110. The molecule has 0 unspecified atom stereocenters. The molecule has 1 aliphatic rings. The van der Waals surface area contributed by atoms with E-state index in [1.807, 2.05) is 36.4 Å². The van der Waals surface area contributed by atoms with Gasteiger partial charge in [0.1, 0.15) is 5.82 Å². The van der Waals surface area contributed by atoms with Gasteiger partial charge in [-0.05, 0) is 76.9 Å². The summed E-state index contributed by atoms with van der Waals surface area (Å²) in [7, 11) is 1.62. The molecule has 0 radical (unpaired) electrons. The first-order valence-electron chi connectivity index (χ1n) is 10.5. The highest BCUT2D eigenvalue weighted by atomic mass is 16.5. The Hall–Kier alpha value is -3.17. The van der Waals surface area contributed by atoms with Crippen LogP contribution in [0, 0.1) is 11.3 Å². The highest BCUT2D eigenvalue weighted by Gasteiger charge is 2.41. The van der Waals surface area contributed by atoms with Gasteiger partial charge >= 0.3 is 0 Å². The number of aromatic nitrogens is 3. The number of ether oxygens (including phenoxy) is 2. The van der Waals surface area contributed by atoms with Crippen molar-refractivity contribution in [2.24, 2.45) is 0 Å². The van der Waals surface area contributed by atoms with Crippen molar-refractivity contribution in [3.63, 3.8) is 0 Å². The van der Waals surface area contributed by atoms with Gasteiger partial charge < -0.3 is 9.47 Å². The largest absolute Gasteiger partial charge is 0.480 e. The lowest BCUT2D eigenvalue weighted by atomic mass is 9.79. The maximum Gasteiger partial charge on any atom is 0.224 e. The summed E-state index contributed by atoms with van der Waals surface area (Å²) in [5.74, 6) is 1.56. The van der Waals surface area contributed by atoms with Crippen LogP contribution in [-0.2, 0) is 4.74 Å². The van der Waals surface area contributed by atoms with E-state index in [-0.39, 0.29) is 17.1 Å². The van der Waals surface area contributed by atoms with Crippen LogP contribution in [0.1, 0.15) is 57.7 Å². The number of hydrogen-bond acceptors (Lipinski definition) is 5. The van der Waals surface area contributed by atoms with E-state index in [4.69, 9.17) is 19.7 Å². The molecule has 31 heavy (non-hydrogen) atoms. The second-order valence-corrected chi connectivity index (χ2v) is 9.30. The second kappa shape index (κ2) is 7.82. The van der Waals surface area contributed by atoms with Gasteiger partial charge in [-0.15, -0.1) is 0 Å². The third kappa shape index (κ3) is 4.33. The molecule has 160 valence electrons. The van der Waals surface area contributed by atoms with E-state index in [1.54, 1.807) is 13.3 Å². The number of methoxy groups -OCH3 is 1. The third-order valence-corrected chi connectivity index (χ3v) is 5.65. The zero-order valence-electron chi connectivity index (χ0n) is 18.7. The van der Waals surface area contributed by atoms with Crippen LogP contribution in [0.5, 0.6) is 5.88 Å². The maximum absolute atomic E-state index is 9.17. The molecule has 0 atom stereocenters. The molecule has 0 amide bonds.